The summed E-state index contributed by atoms with van der Waals surface area (Å²) in [5.74, 6) is -2.20. The highest BCUT2D eigenvalue weighted by Gasteiger charge is 2.47. The molecule has 8 nitrogen and oxygen atoms in total. The summed E-state index contributed by atoms with van der Waals surface area (Å²) in [4.78, 5) is 38.4. The quantitative estimate of drug-likeness (QED) is 0.314. The van der Waals surface area contributed by atoms with Gasteiger partial charge in [-0.15, -0.1) is 0 Å². The van der Waals surface area contributed by atoms with Crippen LogP contribution in [-0.2, 0) is 14.4 Å². The molecule has 1 aliphatic heterocycles. The van der Waals surface area contributed by atoms with Gasteiger partial charge in [0.1, 0.15) is 17.3 Å². The molecule has 4 rings (SSSR count). The van der Waals surface area contributed by atoms with E-state index in [1.54, 1.807) is 66.7 Å². The lowest BCUT2D eigenvalue weighted by molar-refractivity contribution is -0.139. The zero-order valence-electron chi connectivity index (χ0n) is 18.2. The van der Waals surface area contributed by atoms with E-state index in [-0.39, 0.29) is 11.3 Å². The number of ether oxygens (including phenoxy) is 2. The van der Waals surface area contributed by atoms with Crippen molar-refractivity contribution in [2.24, 2.45) is 0 Å². The van der Waals surface area contributed by atoms with Gasteiger partial charge in [0.25, 0.3) is 11.7 Å². The van der Waals surface area contributed by atoms with Gasteiger partial charge in [0.2, 0.25) is 0 Å². The zero-order chi connectivity index (χ0) is 24.2. The Hall–Kier alpha value is -4.59. The Morgan fingerprint density at radius 2 is 1.62 bits per heavy atom. The highest BCUT2D eigenvalue weighted by molar-refractivity contribution is 6.51. The smallest absolute Gasteiger partial charge is 0.341 e. The Bertz CT molecular complexity index is 1270. The molecule has 34 heavy (non-hydrogen) atoms. The van der Waals surface area contributed by atoms with Crippen LogP contribution in [0.2, 0.25) is 0 Å². The van der Waals surface area contributed by atoms with E-state index < -0.39 is 30.3 Å². The standard InChI is InChI=1S/C26H21NO7/c1-33-20-9-5-8-17(14-20)23-22(24(30)16-6-3-2-4-7-16)25(31)26(32)27(23)18-10-12-19(13-11-18)34-15-21(28)29/h2-14,23,30H,15H2,1H3,(H,28,29)/b24-22+. The first-order valence-electron chi connectivity index (χ1n) is 10.4. The molecule has 0 saturated carbocycles. The molecule has 1 atom stereocenters. The number of carboxylic acids is 1. The van der Waals surface area contributed by atoms with Gasteiger partial charge in [-0.25, -0.2) is 4.79 Å². The minimum absolute atomic E-state index is 0.0457. The summed E-state index contributed by atoms with van der Waals surface area (Å²) in [6.45, 7) is -0.509. The Balaban J connectivity index is 1.84. The highest BCUT2D eigenvalue weighted by Crippen LogP contribution is 2.43. The number of amides is 1. The molecule has 1 aliphatic rings. The van der Waals surface area contributed by atoms with E-state index in [1.165, 1.54) is 24.1 Å². The van der Waals surface area contributed by atoms with Crippen molar-refractivity contribution in [1.29, 1.82) is 0 Å². The first-order chi connectivity index (χ1) is 16.4. The summed E-state index contributed by atoms with van der Waals surface area (Å²) < 4.78 is 10.5. The second-order valence-electron chi connectivity index (χ2n) is 7.49. The summed E-state index contributed by atoms with van der Waals surface area (Å²) in [5.41, 5.74) is 1.31. The molecule has 1 fully saturated rings. The van der Waals surface area contributed by atoms with Gasteiger partial charge in [0.05, 0.1) is 18.7 Å². The summed E-state index contributed by atoms with van der Waals surface area (Å²) in [5, 5.41) is 19.9. The molecule has 8 heteroatoms. The molecular formula is C26H21NO7. The third kappa shape index (κ3) is 4.33. The van der Waals surface area contributed by atoms with Gasteiger partial charge in [-0.2, -0.15) is 0 Å². The maximum absolute atomic E-state index is 13.2. The Labute approximate surface area is 195 Å². The molecule has 1 heterocycles. The number of carbonyl (C=O) groups is 3. The fourth-order valence-corrected chi connectivity index (χ4v) is 3.83. The molecule has 2 N–H and O–H groups in total. The van der Waals surface area contributed by atoms with E-state index in [0.717, 1.165) is 0 Å². The van der Waals surface area contributed by atoms with E-state index in [9.17, 15) is 19.5 Å². The predicted octanol–water partition coefficient (Wildman–Crippen LogP) is 3.78. The molecule has 0 bridgehead atoms. The fourth-order valence-electron chi connectivity index (χ4n) is 3.83. The first kappa shape index (κ1) is 22.6. The van der Waals surface area contributed by atoms with Crippen LogP contribution in [0.5, 0.6) is 11.5 Å². The third-order valence-electron chi connectivity index (χ3n) is 5.38. The number of carbonyl (C=O) groups excluding carboxylic acids is 2. The molecule has 1 amide bonds. The van der Waals surface area contributed by atoms with Crippen molar-refractivity contribution in [3.05, 3.63) is 95.6 Å². The van der Waals surface area contributed by atoms with Crippen LogP contribution in [-0.4, -0.2) is 41.6 Å². The van der Waals surface area contributed by atoms with Gasteiger partial charge in [-0.3, -0.25) is 14.5 Å². The number of hydrogen-bond acceptors (Lipinski definition) is 6. The maximum Gasteiger partial charge on any atom is 0.341 e. The molecule has 3 aromatic carbocycles. The normalized spacial score (nSPS) is 17.0. The minimum Gasteiger partial charge on any atom is -0.507 e. The number of aliphatic hydroxyl groups excluding tert-OH is 1. The average Bonchev–Trinajstić information content (AvgIpc) is 3.13. The summed E-state index contributed by atoms with van der Waals surface area (Å²) in [6.07, 6.45) is 0. The van der Waals surface area contributed by atoms with Crippen LogP contribution < -0.4 is 14.4 Å². The molecule has 3 aromatic rings. The van der Waals surface area contributed by atoms with Crippen LogP contribution in [0.25, 0.3) is 5.76 Å². The maximum atomic E-state index is 13.2. The van der Waals surface area contributed by atoms with Crippen molar-refractivity contribution in [2.75, 3.05) is 18.6 Å². The van der Waals surface area contributed by atoms with Gasteiger partial charge >= 0.3 is 5.97 Å². The van der Waals surface area contributed by atoms with Gasteiger partial charge < -0.3 is 19.7 Å². The largest absolute Gasteiger partial charge is 0.507 e. The summed E-state index contributed by atoms with van der Waals surface area (Å²) in [7, 11) is 1.51. The molecule has 0 aliphatic carbocycles. The zero-order valence-corrected chi connectivity index (χ0v) is 18.2. The predicted molar refractivity (Wildman–Crippen MR) is 124 cm³/mol. The third-order valence-corrected chi connectivity index (χ3v) is 5.38. The Kier molecular flexibility index (Phi) is 6.31. The molecule has 1 unspecified atom stereocenters. The number of carboxylic acid groups (broad SMARTS) is 1. The van der Waals surface area contributed by atoms with Gasteiger partial charge in [-0.05, 0) is 42.0 Å². The molecule has 172 valence electrons. The van der Waals surface area contributed by atoms with Crippen LogP contribution >= 0.6 is 0 Å². The number of rotatable bonds is 7. The number of benzene rings is 3. The SMILES string of the molecule is COc1cccc(C2/C(=C(\O)c3ccccc3)C(=O)C(=O)N2c2ccc(OCC(=O)O)cc2)c1. The van der Waals surface area contributed by atoms with Crippen LogP contribution in [0.4, 0.5) is 5.69 Å². The lowest BCUT2D eigenvalue weighted by atomic mass is 9.95. The number of aliphatic carboxylic acids is 1. The van der Waals surface area contributed by atoms with Crippen molar-refractivity contribution >= 4 is 29.1 Å². The number of nitrogens with zero attached hydrogens (tertiary/aromatic N) is 1. The van der Waals surface area contributed by atoms with E-state index in [0.29, 0.717) is 28.3 Å². The van der Waals surface area contributed by atoms with E-state index in [2.05, 4.69) is 0 Å². The van der Waals surface area contributed by atoms with Crippen molar-refractivity contribution < 1.29 is 34.1 Å². The van der Waals surface area contributed by atoms with Gasteiger partial charge in [0, 0.05) is 11.3 Å². The molecular weight excluding hydrogens is 438 g/mol. The Morgan fingerprint density at radius 1 is 0.912 bits per heavy atom. The lowest BCUT2D eigenvalue weighted by Gasteiger charge is -2.26. The summed E-state index contributed by atoms with van der Waals surface area (Å²) in [6, 6.07) is 20.7. The van der Waals surface area contributed by atoms with Gasteiger partial charge in [0.15, 0.2) is 6.61 Å². The van der Waals surface area contributed by atoms with Crippen LogP contribution in [0.1, 0.15) is 17.2 Å². The van der Waals surface area contributed by atoms with E-state index in [4.69, 9.17) is 14.6 Å². The fraction of sp³-hybridized carbons (Fsp3) is 0.115. The number of Topliss-reactive ketones (excluding diaryl/α,β-unsaturated/α-hetero) is 1. The van der Waals surface area contributed by atoms with Crippen LogP contribution in [0.15, 0.2) is 84.4 Å². The second kappa shape index (κ2) is 9.50. The molecule has 0 aromatic heterocycles. The topological polar surface area (TPSA) is 113 Å². The van der Waals surface area contributed by atoms with Gasteiger partial charge in [-0.1, -0.05) is 42.5 Å². The van der Waals surface area contributed by atoms with E-state index in [1.807, 2.05) is 0 Å². The van der Waals surface area contributed by atoms with Crippen LogP contribution in [0, 0.1) is 0 Å². The first-order valence-corrected chi connectivity index (χ1v) is 10.4. The Morgan fingerprint density at radius 3 is 2.26 bits per heavy atom. The average molecular weight is 459 g/mol. The van der Waals surface area contributed by atoms with Crippen molar-refractivity contribution in [3.8, 4) is 11.5 Å². The van der Waals surface area contributed by atoms with Crippen molar-refractivity contribution in [2.45, 2.75) is 6.04 Å². The lowest BCUT2D eigenvalue weighted by Crippen LogP contribution is -2.29. The minimum atomic E-state index is -1.12. The molecule has 1 saturated heterocycles. The number of ketones is 1. The number of hydrogen-bond donors (Lipinski definition) is 2. The van der Waals surface area contributed by atoms with E-state index >= 15 is 0 Å². The monoisotopic (exact) mass is 459 g/mol. The number of anilines is 1. The highest BCUT2D eigenvalue weighted by atomic mass is 16.5. The van der Waals surface area contributed by atoms with Crippen molar-refractivity contribution in [3.63, 3.8) is 0 Å². The number of methoxy groups -OCH3 is 1. The molecule has 0 radical (unpaired) electrons. The molecule has 0 spiro atoms. The number of aliphatic hydroxyl groups is 1. The van der Waals surface area contributed by atoms with Crippen LogP contribution in [0.3, 0.4) is 0 Å². The second-order valence-corrected chi connectivity index (χ2v) is 7.49. The van der Waals surface area contributed by atoms with Crippen molar-refractivity contribution in [1.82, 2.24) is 0 Å². The summed E-state index contributed by atoms with van der Waals surface area (Å²) >= 11 is 0.